The number of ketones is 1. The number of Topliss-reactive ketones (excluding diaryl/α,β-unsaturated/α-hetero) is 1. The minimum atomic E-state index is -0.460. The van der Waals surface area contributed by atoms with Gasteiger partial charge in [0.2, 0.25) is 0 Å². The van der Waals surface area contributed by atoms with Crippen molar-refractivity contribution in [1.29, 1.82) is 0 Å². The second-order valence-electron chi connectivity index (χ2n) is 6.86. The lowest BCUT2D eigenvalue weighted by molar-refractivity contribution is -0.157. The molecule has 4 heteroatoms. The first-order chi connectivity index (χ1) is 8.62. The molecule has 1 atom stereocenters. The molecule has 0 amide bonds. The molecule has 0 bridgehead atoms. The van der Waals surface area contributed by atoms with Gasteiger partial charge in [0, 0.05) is 18.4 Å². The van der Waals surface area contributed by atoms with Gasteiger partial charge >= 0.3 is 5.97 Å². The highest BCUT2D eigenvalue weighted by Crippen LogP contribution is 2.29. The van der Waals surface area contributed by atoms with E-state index in [4.69, 9.17) is 4.74 Å². The summed E-state index contributed by atoms with van der Waals surface area (Å²) < 4.78 is 5.34. The second-order valence-corrected chi connectivity index (χ2v) is 6.86. The molecule has 0 N–H and O–H groups in total. The summed E-state index contributed by atoms with van der Waals surface area (Å²) in [5.74, 6) is 0.0731. The van der Waals surface area contributed by atoms with Crippen LogP contribution in [0.5, 0.6) is 0 Å². The Hall–Kier alpha value is -0.900. The van der Waals surface area contributed by atoms with Crippen molar-refractivity contribution < 1.29 is 14.3 Å². The zero-order valence-electron chi connectivity index (χ0n) is 12.9. The molecule has 1 aliphatic rings. The SMILES string of the molecule is CN(CC(=O)OC(C)(C)C)[C@@]1(C)CCCCC(=O)C1. The topological polar surface area (TPSA) is 46.6 Å². The van der Waals surface area contributed by atoms with Gasteiger partial charge in [0.05, 0.1) is 6.54 Å². The molecule has 0 aliphatic heterocycles. The van der Waals surface area contributed by atoms with Gasteiger partial charge in [-0.1, -0.05) is 6.42 Å². The zero-order chi connectivity index (χ0) is 14.7. The molecule has 110 valence electrons. The molecule has 0 spiro atoms. The molecule has 1 saturated carbocycles. The van der Waals surface area contributed by atoms with Gasteiger partial charge < -0.3 is 4.74 Å². The summed E-state index contributed by atoms with van der Waals surface area (Å²) in [4.78, 5) is 25.6. The molecule has 19 heavy (non-hydrogen) atoms. The third-order valence-electron chi connectivity index (χ3n) is 3.71. The highest BCUT2D eigenvalue weighted by atomic mass is 16.6. The molecule has 0 radical (unpaired) electrons. The van der Waals surface area contributed by atoms with Crippen molar-refractivity contribution in [1.82, 2.24) is 4.90 Å². The number of ether oxygens (including phenoxy) is 1. The van der Waals surface area contributed by atoms with Crippen molar-refractivity contribution in [2.24, 2.45) is 0 Å². The van der Waals surface area contributed by atoms with Gasteiger partial charge in [-0.3, -0.25) is 14.5 Å². The third kappa shape index (κ3) is 5.31. The number of likely N-dealkylation sites (N-methyl/N-ethyl adjacent to an activating group) is 1. The summed E-state index contributed by atoms with van der Waals surface area (Å²) in [6.45, 7) is 7.90. The van der Waals surface area contributed by atoms with Crippen LogP contribution in [0, 0.1) is 0 Å². The molecule has 0 aromatic rings. The molecule has 1 fully saturated rings. The lowest BCUT2D eigenvalue weighted by atomic mass is 9.90. The van der Waals surface area contributed by atoms with Crippen molar-refractivity contribution in [3.8, 4) is 0 Å². The van der Waals surface area contributed by atoms with Gasteiger partial charge in [-0.25, -0.2) is 0 Å². The lowest BCUT2D eigenvalue weighted by Gasteiger charge is -2.37. The summed E-state index contributed by atoms with van der Waals surface area (Å²) in [7, 11) is 1.91. The van der Waals surface area contributed by atoms with E-state index in [9.17, 15) is 9.59 Å². The molecule has 1 aliphatic carbocycles. The van der Waals surface area contributed by atoms with Crippen molar-refractivity contribution in [3.63, 3.8) is 0 Å². The smallest absolute Gasteiger partial charge is 0.320 e. The fraction of sp³-hybridized carbons (Fsp3) is 0.867. The number of carbonyl (C=O) groups is 2. The van der Waals surface area contributed by atoms with E-state index >= 15 is 0 Å². The van der Waals surface area contributed by atoms with E-state index in [0.717, 1.165) is 19.3 Å². The lowest BCUT2D eigenvalue weighted by Crippen LogP contribution is -2.48. The minimum Gasteiger partial charge on any atom is -0.459 e. The largest absolute Gasteiger partial charge is 0.459 e. The highest BCUT2D eigenvalue weighted by molar-refractivity contribution is 5.80. The van der Waals surface area contributed by atoms with E-state index in [1.165, 1.54) is 0 Å². The average Bonchev–Trinajstić information content (AvgIpc) is 2.37. The van der Waals surface area contributed by atoms with Gasteiger partial charge in [0.25, 0.3) is 0 Å². The highest BCUT2D eigenvalue weighted by Gasteiger charge is 2.34. The number of hydrogen-bond acceptors (Lipinski definition) is 4. The van der Waals surface area contributed by atoms with E-state index in [0.29, 0.717) is 18.6 Å². The van der Waals surface area contributed by atoms with E-state index in [2.05, 4.69) is 6.92 Å². The number of nitrogens with zero attached hydrogens (tertiary/aromatic N) is 1. The molecule has 1 rings (SSSR count). The summed E-state index contributed by atoms with van der Waals surface area (Å²) in [5.41, 5.74) is -0.678. The Bertz CT molecular complexity index is 346. The van der Waals surface area contributed by atoms with E-state index in [-0.39, 0.29) is 18.1 Å². The van der Waals surface area contributed by atoms with Gasteiger partial charge in [0.15, 0.2) is 0 Å². The first-order valence-corrected chi connectivity index (χ1v) is 7.07. The fourth-order valence-electron chi connectivity index (χ4n) is 2.51. The average molecular weight is 269 g/mol. The molecule has 0 aromatic heterocycles. The quantitative estimate of drug-likeness (QED) is 0.583. The molecule has 4 nitrogen and oxygen atoms in total. The minimum absolute atomic E-state index is 0.218. The van der Waals surface area contributed by atoms with Gasteiger partial charge in [-0.15, -0.1) is 0 Å². The predicted molar refractivity (Wildman–Crippen MR) is 75.0 cm³/mol. The first-order valence-electron chi connectivity index (χ1n) is 7.07. The maximum Gasteiger partial charge on any atom is 0.320 e. The molecular weight excluding hydrogens is 242 g/mol. The van der Waals surface area contributed by atoms with Crippen LogP contribution in [0.25, 0.3) is 0 Å². The molecule has 0 saturated heterocycles. The van der Waals surface area contributed by atoms with Crippen molar-refractivity contribution >= 4 is 11.8 Å². The molecular formula is C15H27NO3. The Morgan fingerprint density at radius 2 is 2.00 bits per heavy atom. The maximum atomic E-state index is 11.9. The third-order valence-corrected chi connectivity index (χ3v) is 3.71. The van der Waals surface area contributed by atoms with Crippen molar-refractivity contribution in [2.75, 3.05) is 13.6 Å². The number of carbonyl (C=O) groups excluding carboxylic acids is 2. The number of hydrogen-bond donors (Lipinski definition) is 0. The van der Waals surface area contributed by atoms with E-state index < -0.39 is 5.60 Å². The Labute approximate surface area is 116 Å². The molecule has 0 aromatic carbocycles. The van der Waals surface area contributed by atoms with Crippen LogP contribution in [-0.2, 0) is 14.3 Å². The summed E-state index contributed by atoms with van der Waals surface area (Å²) in [6, 6.07) is 0. The Balaban J connectivity index is 2.62. The van der Waals surface area contributed by atoms with Gasteiger partial charge in [-0.2, -0.15) is 0 Å². The molecule has 0 heterocycles. The Morgan fingerprint density at radius 1 is 1.37 bits per heavy atom. The second kappa shape index (κ2) is 6.04. The monoisotopic (exact) mass is 269 g/mol. The number of rotatable bonds is 3. The van der Waals surface area contributed by atoms with Crippen LogP contribution < -0.4 is 0 Å². The van der Waals surface area contributed by atoms with E-state index in [1.54, 1.807) is 0 Å². The summed E-state index contributed by atoms with van der Waals surface area (Å²) in [6.07, 6.45) is 4.18. The zero-order valence-corrected chi connectivity index (χ0v) is 12.9. The van der Waals surface area contributed by atoms with Crippen LogP contribution in [-0.4, -0.2) is 41.4 Å². The summed E-state index contributed by atoms with van der Waals surface area (Å²) in [5, 5.41) is 0. The normalized spacial score (nSPS) is 25.3. The van der Waals surface area contributed by atoms with Crippen LogP contribution >= 0.6 is 0 Å². The Morgan fingerprint density at radius 3 is 2.58 bits per heavy atom. The van der Waals surface area contributed by atoms with Crippen LogP contribution in [0.3, 0.4) is 0 Å². The van der Waals surface area contributed by atoms with Crippen LogP contribution in [0.2, 0.25) is 0 Å². The van der Waals surface area contributed by atoms with Gasteiger partial charge in [0.1, 0.15) is 11.4 Å². The Kier molecular flexibility index (Phi) is 5.13. The van der Waals surface area contributed by atoms with Crippen LogP contribution in [0.15, 0.2) is 0 Å². The van der Waals surface area contributed by atoms with Gasteiger partial charge in [-0.05, 0) is 47.6 Å². The van der Waals surface area contributed by atoms with Crippen molar-refractivity contribution in [2.45, 2.75) is 70.9 Å². The molecule has 0 unspecified atom stereocenters. The van der Waals surface area contributed by atoms with Crippen molar-refractivity contribution in [3.05, 3.63) is 0 Å². The van der Waals surface area contributed by atoms with Crippen LogP contribution in [0.4, 0.5) is 0 Å². The van der Waals surface area contributed by atoms with Crippen LogP contribution in [0.1, 0.15) is 59.8 Å². The fourth-order valence-corrected chi connectivity index (χ4v) is 2.51. The summed E-state index contributed by atoms with van der Waals surface area (Å²) >= 11 is 0. The maximum absolute atomic E-state index is 11.9. The number of esters is 1. The van der Waals surface area contributed by atoms with E-state index in [1.807, 2.05) is 32.7 Å². The standard InChI is InChI=1S/C15H27NO3/c1-14(2,3)19-13(18)11-16(5)15(4)9-7-6-8-12(17)10-15/h6-11H2,1-5H3/t15-/m0/s1. The predicted octanol–water partition coefficient (Wildman–Crippen LogP) is 2.55. The first kappa shape index (κ1) is 16.2.